The largest absolute Gasteiger partial charge is 0.497 e. The molecule has 154 valence electrons. The molecule has 2 aromatic heterocycles. The molecule has 30 heavy (non-hydrogen) atoms. The average molecular weight is 427 g/mol. The van der Waals surface area contributed by atoms with Gasteiger partial charge in [0.05, 0.1) is 22.9 Å². The van der Waals surface area contributed by atoms with Crippen LogP contribution in [-0.2, 0) is 14.6 Å². The molecule has 2 heterocycles. The quantitative estimate of drug-likeness (QED) is 0.506. The van der Waals surface area contributed by atoms with Crippen molar-refractivity contribution in [1.29, 1.82) is 0 Å². The van der Waals surface area contributed by atoms with Crippen molar-refractivity contribution < 1.29 is 17.9 Å². The molecule has 0 aliphatic heterocycles. The Hall–Kier alpha value is -3.73. The molecule has 0 bridgehead atoms. The number of nitrogens with zero attached hydrogens (tertiary/aromatic N) is 3. The highest BCUT2D eigenvalue weighted by Gasteiger charge is 2.28. The summed E-state index contributed by atoms with van der Waals surface area (Å²) in [6.45, 7) is 2.96. The van der Waals surface area contributed by atoms with Crippen LogP contribution in [0.2, 0.25) is 0 Å². The highest BCUT2D eigenvalue weighted by atomic mass is 32.2. The molecule has 1 amide bonds. The number of carbonyl (C=O) groups is 1. The lowest BCUT2D eigenvalue weighted by Gasteiger charge is -2.09. The van der Waals surface area contributed by atoms with E-state index in [4.69, 9.17) is 4.74 Å². The number of anilines is 1. The number of ether oxygens (including phenoxy) is 1. The molecule has 2 N–H and O–H groups in total. The first kappa shape index (κ1) is 19.6. The van der Waals surface area contributed by atoms with Gasteiger partial charge in [0.2, 0.25) is 20.8 Å². The SMILES string of the molecule is COc1ccc2c(=O)nc3c(S(=O)(=O)c4ccc(NC(C)=O)cc4C)n[nH]n3c2c1. The van der Waals surface area contributed by atoms with Crippen LogP contribution in [0.3, 0.4) is 0 Å². The third-order valence-electron chi connectivity index (χ3n) is 4.58. The molecule has 0 atom stereocenters. The minimum atomic E-state index is -4.11. The van der Waals surface area contributed by atoms with E-state index in [1.165, 1.54) is 30.7 Å². The first-order chi connectivity index (χ1) is 14.2. The van der Waals surface area contributed by atoms with Gasteiger partial charge in [-0.2, -0.15) is 4.98 Å². The molecule has 0 spiro atoms. The van der Waals surface area contributed by atoms with E-state index >= 15 is 0 Å². The van der Waals surface area contributed by atoms with E-state index in [1.54, 1.807) is 31.2 Å². The van der Waals surface area contributed by atoms with Gasteiger partial charge in [0.25, 0.3) is 5.56 Å². The zero-order valence-corrected chi connectivity index (χ0v) is 17.1. The number of sulfone groups is 1. The molecule has 4 rings (SSSR count). The van der Waals surface area contributed by atoms with Gasteiger partial charge < -0.3 is 10.1 Å². The second-order valence-electron chi connectivity index (χ2n) is 6.64. The van der Waals surface area contributed by atoms with E-state index in [9.17, 15) is 18.0 Å². The van der Waals surface area contributed by atoms with Crippen molar-refractivity contribution in [2.75, 3.05) is 12.4 Å². The molecule has 0 saturated heterocycles. The highest BCUT2D eigenvalue weighted by molar-refractivity contribution is 7.91. The summed E-state index contributed by atoms with van der Waals surface area (Å²) in [7, 11) is -2.62. The molecule has 0 aliphatic rings. The smallest absolute Gasteiger partial charge is 0.281 e. The number of aromatic amines is 1. The van der Waals surface area contributed by atoms with Gasteiger partial charge in [-0.1, -0.05) is 0 Å². The summed E-state index contributed by atoms with van der Waals surface area (Å²) in [4.78, 5) is 27.6. The van der Waals surface area contributed by atoms with E-state index in [2.05, 4.69) is 20.6 Å². The minimum Gasteiger partial charge on any atom is -0.497 e. The summed E-state index contributed by atoms with van der Waals surface area (Å²) in [6.07, 6.45) is 0. The average Bonchev–Trinajstić information content (AvgIpc) is 3.12. The van der Waals surface area contributed by atoms with Crippen LogP contribution in [0.4, 0.5) is 5.69 Å². The number of methoxy groups -OCH3 is 1. The van der Waals surface area contributed by atoms with Gasteiger partial charge in [-0.05, 0) is 42.8 Å². The standard InChI is InChI=1S/C19H17N5O5S/c1-10-8-12(20-11(2)25)4-7-16(10)30(27,28)19-17-21-18(26)14-6-5-13(29-3)9-15(14)24(17)23-22-19/h4-9,23H,1-3H3,(H,20,25). The molecule has 0 saturated carbocycles. The van der Waals surface area contributed by atoms with Crippen molar-refractivity contribution in [3.05, 3.63) is 52.3 Å². The first-order valence-electron chi connectivity index (χ1n) is 8.80. The molecule has 11 heteroatoms. The van der Waals surface area contributed by atoms with Crippen molar-refractivity contribution in [3.8, 4) is 5.75 Å². The number of hydrogen-bond donors (Lipinski definition) is 2. The fourth-order valence-corrected chi connectivity index (χ4v) is 4.71. The topological polar surface area (TPSA) is 136 Å². The van der Waals surface area contributed by atoms with Crippen molar-refractivity contribution >= 4 is 38.0 Å². The highest BCUT2D eigenvalue weighted by Crippen LogP contribution is 2.28. The van der Waals surface area contributed by atoms with E-state index in [0.717, 1.165) is 0 Å². The van der Waals surface area contributed by atoms with Gasteiger partial charge in [-0.3, -0.25) is 9.59 Å². The summed E-state index contributed by atoms with van der Waals surface area (Å²) in [5, 5.41) is 9.07. The van der Waals surface area contributed by atoms with E-state index < -0.39 is 15.4 Å². The summed E-state index contributed by atoms with van der Waals surface area (Å²) >= 11 is 0. The van der Waals surface area contributed by atoms with Crippen molar-refractivity contribution in [3.63, 3.8) is 0 Å². The van der Waals surface area contributed by atoms with Crippen LogP contribution in [0.5, 0.6) is 5.75 Å². The fraction of sp³-hybridized carbons (Fsp3) is 0.158. The maximum atomic E-state index is 13.3. The lowest BCUT2D eigenvalue weighted by Crippen LogP contribution is -2.13. The molecule has 0 fully saturated rings. The summed E-state index contributed by atoms with van der Waals surface area (Å²) < 4.78 is 33.1. The number of benzene rings is 2. The Morgan fingerprint density at radius 1 is 1.20 bits per heavy atom. The van der Waals surface area contributed by atoms with E-state index in [0.29, 0.717) is 22.5 Å². The van der Waals surface area contributed by atoms with Crippen LogP contribution in [-0.4, -0.2) is 41.2 Å². The summed E-state index contributed by atoms with van der Waals surface area (Å²) in [5.41, 5.74) is 0.566. The van der Waals surface area contributed by atoms with Gasteiger partial charge in [-0.15, -0.1) is 5.10 Å². The number of carbonyl (C=O) groups excluding carboxylic acids is 1. The molecule has 2 aromatic carbocycles. The van der Waals surface area contributed by atoms with E-state index in [-0.39, 0.29) is 26.9 Å². The number of H-pyrrole nitrogens is 1. The van der Waals surface area contributed by atoms with Crippen LogP contribution in [0.15, 0.2) is 51.1 Å². The maximum absolute atomic E-state index is 13.3. The molecule has 0 radical (unpaired) electrons. The Labute approximate surface area is 170 Å². The van der Waals surface area contributed by atoms with Crippen molar-refractivity contribution in [2.24, 2.45) is 0 Å². The zero-order valence-electron chi connectivity index (χ0n) is 16.3. The number of rotatable bonds is 4. The molecular formula is C19H17N5O5S. The number of amides is 1. The first-order valence-corrected chi connectivity index (χ1v) is 10.3. The molecule has 10 nitrogen and oxygen atoms in total. The maximum Gasteiger partial charge on any atom is 0.281 e. The summed E-state index contributed by atoms with van der Waals surface area (Å²) in [5.74, 6) is 0.222. The van der Waals surface area contributed by atoms with Crippen LogP contribution < -0.4 is 15.6 Å². The van der Waals surface area contributed by atoms with Gasteiger partial charge in [-0.25, -0.2) is 18.1 Å². The van der Waals surface area contributed by atoms with Crippen LogP contribution in [0, 0.1) is 6.92 Å². The molecular weight excluding hydrogens is 410 g/mol. The molecule has 4 aromatic rings. The number of aryl methyl sites for hydroxylation is 1. The lowest BCUT2D eigenvalue weighted by atomic mass is 10.2. The van der Waals surface area contributed by atoms with Crippen molar-refractivity contribution in [1.82, 2.24) is 19.8 Å². The number of aromatic nitrogens is 4. The second-order valence-corrected chi connectivity index (χ2v) is 8.47. The van der Waals surface area contributed by atoms with Gasteiger partial charge >= 0.3 is 0 Å². The van der Waals surface area contributed by atoms with Gasteiger partial charge in [0.15, 0.2) is 5.65 Å². The van der Waals surface area contributed by atoms with Crippen molar-refractivity contribution in [2.45, 2.75) is 23.8 Å². The van der Waals surface area contributed by atoms with Gasteiger partial charge in [0.1, 0.15) is 5.75 Å². The van der Waals surface area contributed by atoms with Crippen LogP contribution in [0.1, 0.15) is 12.5 Å². The number of fused-ring (bicyclic) bond motifs is 3. The summed E-state index contributed by atoms with van der Waals surface area (Å²) in [6, 6.07) is 9.16. The van der Waals surface area contributed by atoms with Crippen LogP contribution >= 0.6 is 0 Å². The lowest BCUT2D eigenvalue weighted by molar-refractivity contribution is -0.114. The monoisotopic (exact) mass is 427 g/mol. The number of nitrogens with one attached hydrogen (secondary N) is 2. The minimum absolute atomic E-state index is 0.00871. The normalized spacial score (nSPS) is 11.7. The Kier molecular flexibility index (Phi) is 4.54. The third-order valence-corrected chi connectivity index (χ3v) is 6.40. The molecule has 0 unspecified atom stereocenters. The Balaban J connectivity index is 1.93. The zero-order chi connectivity index (χ0) is 21.6. The molecule has 0 aliphatic carbocycles. The van der Waals surface area contributed by atoms with Gasteiger partial charge in [0, 0.05) is 18.7 Å². The second kappa shape index (κ2) is 6.95. The third kappa shape index (κ3) is 3.08. The van der Waals surface area contributed by atoms with Crippen LogP contribution in [0.25, 0.3) is 16.6 Å². The van der Waals surface area contributed by atoms with E-state index in [1.807, 2.05) is 0 Å². The predicted molar refractivity (Wildman–Crippen MR) is 109 cm³/mol. The Bertz CT molecular complexity index is 1490. The Morgan fingerprint density at radius 2 is 1.97 bits per heavy atom. The predicted octanol–water partition coefficient (Wildman–Crippen LogP) is 1.68. The fourth-order valence-electron chi connectivity index (χ4n) is 3.23. The Morgan fingerprint density at radius 3 is 2.63 bits per heavy atom. The number of hydrogen-bond acceptors (Lipinski definition) is 7.